The maximum absolute atomic E-state index is 11.5. The number of methoxy groups -OCH3 is 1. The van der Waals surface area contributed by atoms with E-state index in [0.717, 1.165) is 16.9 Å². The fraction of sp³-hybridized carbons (Fsp3) is 0.105. The molecule has 0 atom stereocenters. The molecule has 0 fully saturated rings. The van der Waals surface area contributed by atoms with Gasteiger partial charge in [0.2, 0.25) is 5.91 Å². The van der Waals surface area contributed by atoms with Crippen LogP contribution in [0.15, 0.2) is 65.8 Å². The molecule has 26 heavy (non-hydrogen) atoms. The molecule has 132 valence electrons. The predicted molar refractivity (Wildman–Crippen MR) is 101 cm³/mol. The molecule has 0 aliphatic rings. The van der Waals surface area contributed by atoms with Crippen LogP contribution in [0.4, 0.5) is 5.95 Å². The van der Waals surface area contributed by atoms with Gasteiger partial charge < -0.3 is 10.5 Å². The van der Waals surface area contributed by atoms with Crippen LogP contribution in [0.5, 0.6) is 5.75 Å². The normalized spacial score (nSPS) is 11.2. The molecule has 0 saturated heterocycles. The zero-order valence-corrected chi connectivity index (χ0v) is 14.5. The number of hydrogen-bond donors (Lipinski definition) is 2. The van der Waals surface area contributed by atoms with Gasteiger partial charge in [0.1, 0.15) is 11.6 Å². The van der Waals surface area contributed by atoms with Gasteiger partial charge >= 0.3 is 0 Å². The minimum Gasteiger partial charge on any atom is -0.497 e. The number of carbonyl (C=O) groups excluding carboxylic acids is 1. The predicted octanol–water partition coefficient (Wildman–Crippen LogP) is 2.69. The number of rotatable bonds is 5. The SMILES string of the molecule is COc1ccc(-c2cn(NC(C)=O)c(/N=C(\N)c3ccccc3)n2)cc1. The molecule has 0 aliphatic heterocycles. The van der Waals surface area contributed by atoms with Crippen molar-refractivity contribution in [3.63, 3.8) is 0 Å². The Morgan fingerprint density at radius 1 is 1.15 bits per heavy atom. The monoisotopic (exact) mass is 349 g/mol. The van der Waals surface area contributed by atoms with Crippen molar-refractivity contribution in [3.8, 4) is 17.0 Å². The number of amidine groups is 1. The molecule has 0 saturated carbocycles. The fourth-order valence-electron chi connectivity index (χ4n) is 2.38. The van der Waals surface area contributed by atoms with Gasteiger partial charge in [-0.25, -0.2) is 9.66 Å². The minimum absolute atomic E-state index is 0.238. The van der Waals surface area contributed by atoms with Crippen LogP contribution in [0.25, 0.3) is 11.3 Å². The number of hydrogen-bond acceptors (Lipinski definition) is 4. The second-order valence-corrected chi connectivity index (χ2v) is 5.56. The van der Waals surface area contributed by atoms with Gasteiger partial charge in [-0.1, -0.05) is 30.3 Å². The summed E-state index contributed by atoms with van der Waals surface area (Å²) in [7, 11) is 1.61. The topological polar surface area (TPSA) is 94.5 Å². The molecular weight excluding hydrogens is 330 g/mol. The molecule has 3 rings (SSSR count). The van der Waals surface area contributed by atoms with E-state index in [4.69, 9.17) is 10.5 Å². The maximum atomic E-state index is 11.5. The van der Waals surface area contributed by atoms with E-state index >= 15 is 0 Å². The first-order valence-corrected chi connectivity index (χ1v) is 7.98. The summed E-state index contributed by atoms with van der Waals surface area (Å²) in [4.78, 5) is 20.4. The lowest BCUT2D eigenvalue weighted by Gasteiger charge is -2.05. The van der Waals surface area contributed by atoms with Crippen LogP contribution in [0, 0.1) is 0 Å². The summed E-state index contributed by atoms with van der Waals surface area (Å²) in [6.45, 7) is 1.42. The number of imidazole rings is 1. The highest BCUT2D eigenvalue weighted by Gasteiger charge is 2.11. The van der Waals surface area contributed by atoms with Crippen LogP contribution in [0.1, 0.15) is 12.5 Å². The molecule has 7 heteroatoms. The summed E-state index contributed by atoms with van der Waals surface area (Å²) in [5.74, 6) is 1.11. The summed E-state index contributed by atoms with van der Waals surface area (Å²) in [5.41, 5.74) is 11.0. The zero-order valence-electron chi connectivity index (χ0n) is 14.5. The highest BCUT2D eigenvalue weighted by atomic mass is 16.5. The summed E-state index contributed by atoms with van der Waals surface area (Å²) < 4.78 is 6.62. The Bertz CT molecular complexity index is 930. The molecule has 1 aromatic heterocycles. The second-order valence-electron chi connectivity index (χ2n) is 5.56. The Hall–Kier alpha value is -3.61. The van der Waals surface area contributed by atoms with Crippen LogP contribution in [-0.4, -0.2) is 28.5 Å². The maximum Gasteiger partial charge on any atom is 0.251 e. The molecule has 0 aliphatic carbocycles. The Morgan fingerprint density at radius 2 is 1.85 bits per heavy atom. The number of nitrogens with two attached hydrogens (primary N) is 1. The van der Waals surface area contributed by atoms with Crippen LogP contribution in [0.2, 0.25) is 0 Å². The van der Waals surface area contributed by atoms with E-state index in [1.165, 1.54) is 11.6 Å². The van der Waals surface area contributed by atoms with Crippen LogP contribution < -0.4 is 15.9 Å². The van der Waals surface area contributed by atoms with Crippen molar-refractivity contribution in [1.29, 1.82) is 0 Å². The number of benzene rings is 2. The summed E-state index contributed by atoms with van der Waals surface area (Å²) in [5, 5.41) is 0. The van der Waals surface area contributed by atoms with Crippen LogP contribution in [-0.2, 0) is 4.79 Å². The molecular formula is C19H19N5O2. The van der Waals surface area contributed by atoms with Gasteiger partial charge in [-0.05, 0) is 24.3 Å². The first kappa shape index (κ1) is 17.2. The molecule has 0 spiro atoms. The van der Waals surface area contributed by atoms with Crippen molar-refractivity contribution in [2.45, 2.75) is 6.92 Å². The Morgan fingerprint density at radius 3 is 2.46 bits per heavy atom. The Kier molecular flexibility index (Phi) is 4.98. The number of nitrogens with zero attached hydrogens (tertiary/aromatic N) is 3. The van der Waals surface area contributed by atoms with E-state index in [1.54, 1.807) is 13.3 Å². The van der Waals surface area contributed by atoms with Crippen molar-refractivity contribution in [2.75, 3.05) is 12.5 Å². The first-order valence-electron chi connectivity index (χ1n) is 7.98. The number of ether oxygens (including phenoxy) is 1. The number of aromatic nitrogens is 2. The Balaban J connectivity index is 2.00. The van der Waals surface area contributed by atoms with Gasteiger partial charge in [0.25, 0.3) is 5.95 Å². The third kappa shape index (κ3) is 3.89. The van der Waals surface area contributed by atoms with E-state index in [2.05, 4.69) is 15.4 Å². The lowest BCUT2D eigenvalue weighted by Crippen LogP contribution is -2.19. The lowest BCUT2D eigenvalue weighted by molar-refractivity contribution is -0.115. The molecule has 3 N–H and O–H groups in total. The molecule has 2 aromatic carbocycles. The van der Waals surface area contributed by atoms with Gasteiger partial charge in [0.05, 0.1) is 19.0 Å². The van der Waals surface area contributed by atoms with E-state index in [1.807, 2.05) is 54.6 Å². The van der Waals surface area contributed by atoms with Crippen LogP contribution in [0.3, 0.4) is 0 Å². The van der Waals surface area contributed by atoms with Crippen molar-refractivity contribution < 1.29 is 9.53 Å². The van der Waals surface area contributed by atoms with Gasteiger partial charge in [0, 0.05) is 18.1 Å². The highest BCUT2D eigenvalue weighted by molar-refractivity contribution is 5.98. The van der Waals surface area contributed by atoms with Crippen molar-refractivity contribution in [1.82, 2.24) is 9.66 Å². The minimum atomic E-state index is -0.238. The third-order valence-electron chi connectivity index (χ3n) is 3.64. The first-order chi connectivity index (χ1) is 12.6. The second kappa shape index (κ2) is 7.52. The molecule has 0 bridgehead atoms. The van der Waals surface area contributed by atoms with Gasteiger partial charge in [-0.2, -0.15) is 4.99 Å². The van der Waals surface area contributed by atoms with E-state index < -0.39 is 0 Å². The average molecular weight is 349 g/mol. The standard InChI is InChI=1S/C19H19N5O2/c1-13(25)23-24-12-17(14-8-10-16(26-2)11-9-14)21-19(24)22-18(20)15-6-4-3-5-7-15/h3-12H,1-2H3,(H,23,25)(H2,20,21,22). The Labute approximate surface area is 151 Å². The number of amides is 1. The van der Waals surface area contributed by atoms with Gasteiger partial charge in [-0.15, -0.1) is 0 Å². The molecule has 1 heterocycles. The smallest absolute Gasteiger partial charge is 0.251 e. The summed E-state index contributed by atoms with van der Waals surface area (Å²) in [6, 6.07) is 16.8. The third-order valence-corrected chi connectivity index (χ3v) is 3.64. The van der Waals surface area contributed by atoms with Crippen molar-refractivity contribution in [3.05, 3.63) is 66.4 Å². The van der Waals surface area contributed by atoms with E-state index in [9.17, 15) is 4.79 Å². The van der Waals surface area contributed by atoms with Gasteiger partial charge in [0.15, 0.2) is 0 Å². The van der Waals surface area contributed by atoms with E-state index in [0.29, 0.717) is 11.5 Å². The van der Waals surface area contributed by atoms with Crippen molar-refractivity contribution >= 4 is 17.7 Å². The fourth-order valence-corrected chi connectivity index (χ4v) is 2.38. The highest BCUT2D eigenvalue weighted by Crippen LogP contribution is 2.24. The summed E-state index contributed by atoms with van der Waals surface area (Å²) >= 11 is 0. The summed E-state index contributed by atoms with van der Waals surface area (Å²) in [6.07, 6.45) is 1.69. The molecule has 0 unspecified atom stereocenters. The number of aliphatic imine (C=N–C) groups is 1. The largest absolute Gasteiger partial charge is 0.497 e. The van der Waals surface area contributed by atoms with Gasteiger partial charge in [-0.3, -0.25) is 10.2 Å². The molecule has 3 aromatic rings. The molecule has 0 radical (unpaired) electrons. The quantitative estimate of drug-likeness (QED) is 0.547. The van der Waals surface area contributed by atoms with Crippen LogP contribution >= 0.6 is 0 Å². The molecule has 7 nitrogen and oxygen atoms in total. The number of nitrogens with one attached hydrogen (secondary N) is 1. The number of carbonyl (C=O) groups is 1. The molecule has 1 amide bonds. The zero-order chi connectivity index (χ0) is 18.5. The lowest BCUT2D eigenvalue weighted by atomic mass is 10.2. The average Bonchev–Trinajstić information content (AvgIpc) is 3.04. The van der Waals surface area contributed by atoms with E-state index in [-0.39, 0.29) is 11.9 Å². The van der Waals surface area contributed by atoms with Crippen molar-refractivity contribution in [2.24, 2.45) is 10.7 Å².